The maximum absolute atomic E-state index is 14.0. The van der Waals surface area contributed by atoms with Gasteiger partial charge in [-0.25, -0.2) is 8.42 Å². The first-order valence-corrected chi connectivity index (χ1v) is 13.7. The van der Waals surface area contributed by atoms with Crippen LogP contribution in [0.5, 0.6) is 5.75 Å². The fourth-order valence-electron chi connectivity index (χ4n) is 4.14. The van der Waals surface area contributed by atoms with E-state index >= 15 is 0 Å². The van der Waals surface area contributed by atoms with Crippen LogP contribution in [0.25, 0.3) is 0 Å². The highest BCUT2D eigenvalue weighted by Crippen LogP contribution is 2.33. The number of nitrogens with one attached hydrogen (secondary N) is 1. The van der Waals surface area contributed by atoms with Crippen molar-refractivity contribution in [2.24, 2.45) is 0 Å². The molecular formula is C29H35N3O5S. The van der Waals surface area contributed by atoms with E-state index in [0.717, 1.165) is 26.6 Å². The zero-order chi connectivity index (χ0) is 28.0. The molecule has 0 aromatic heterocycles. The van der Waals surface area contributed by atoms with Crippen molar-refractivity contribution in [1.82, 2.24) is 10.2 Å². The lowest BCUT2D eigenvalue weighted by molar-refractivity contribution is -0.139. The summed E-state index contributed by atoms with van der Waals surface area (Å²) >= 11 is 0. The lowest BCUT2D eigenvalue weighted by Gasteiger charge is -2.32. The number of carbonyl (C=O) groups excluding carboxylic acids is 2. The zero-order valence-electron chi connectivity index (χ0n) is 22.7. The SMILES string of the molecule is CNC(=O)C(C)N(Cc1cccc(C)c1)C(=O)CN(c1cc(C)ccc1OC)S(=O)(=O)c1ccc(C)cc1. The highest BCUT2D eigenvalue weighted by molar-refractivity contribution is 7.92. The van der Waals surface area contributed by atoms with Crippen LogP contribution in [0.1, 0.15) is 29.2 Å². The Morgan fingerprint density at radius 1 is 0.921 bits per heavy atom. The molecule has 0 aliphatic carbocycles. The molecule has 3 aromatic rings. The Kier molecular flexibility index (Phi) is 9.17. The quantitative estimate of drug-likeness (QED) is 0.422. The lowest BCUT2D eigenvalue weighted by atomic mass is 10.1. The van der Waals surface area contributed by atoms with Gasteiger partial charge in [0.15, 0.2) is 0 Å². The summed E-state index contributed by atoms with van der Waals surface area (Å²) in [7, 11) is -1.23. The van der Waals surface area contributed by atoms with Gasteiger partial charge in [0, 0.05) is 13.6 Å². The van der Waals surface area contributed by atoms with E-state index < -0.39 is 28.5 Å². The summed E-state index contributed by atoms with van der Waals surface area (Å²) in [4.78, 5) is 27.9. The fraction of sp³-hybridized carbons (Fsp3) is 0.310. The molecule has 38 heavy (non-hydrogen) atoms. The largest absolute Gasteiger partial charge is 0.495 e. The van der Waals surface area contributed by atoms with E-state index in [2.05, 4.69) is 5.32 Å². The van der Waals surface area contributed by atoms with Crippen LogP contribution in [0, 0.1) is 20.8 Å². The van der Waals surface area contributed by atoms with Gasteiger partial charge in [0.25, 0.3) is 10.0 Å². The molecule has 1 N–H and O–H groups in total. The van der Waals surface area contributed by atoms with E-state index in [9.17, 15) is 18.0 Å². The summed E-state index contributed by atoms with van der Waals surface area (Å²) in [5.41, 5.74) is 3.78. The number of ether oxygens (including phenoxy) is 1. The molecule has 0 saturated carbocycles. The van der Waals surface area contributed by atoms with Crippen molar-refractivity contribution in [1.29, 1.82) is 0 Å². The first kappa shape index (κ1) is 28.7. The van der Waals surface area contributed by atoms with Crippen molar-refractivity contribution < 1.29 is 22.7 Å². The number of sulfonamides is 1. The van der Waals surface area contributed by atoms with Gasteiger partial charge in [-0.05, 0) is 63.1 Å². The number of nitrogens with zero attached hydrogens (tertiary/aromatic N) is 2. The topological polar surface area (TPSA) is 96.0 Å². The molecule has 3 rings (SSSR count). The van der Waals surface area contributed by atoms with Crippen molar-refractivity contribution in [3.8, 4) is 5.75 Å². The van der Waals surface area contributed by atoms with E-state index in [-0.39, 0.29) is 23.0 Å². The van der Waals surface area contributed by atoms with E-state index in [1.165, 1.54) is 31.2 Å². The number of amides is 2. The number of hydrogen-bond donors (Lipinski definition) is 1. The molecule has 0 bridgehead atoms. The minimum absolute atomic E-state index is 0.0454. The zero-order valence-corrected chi connectivity index (χ0v) is 23.5. The van der Waals surface area contributed by atoms with Gasteiger partial charge in [-0.1, -0.05) is 53.6 Å². The third kappa shape index (κ3) is 6.52. The molecule has 0 aliphatic rings. The van der Waals surface area contributed by atoms with E-state index in [1.807, 2.05) is 45.0 Å². The van der Waals surface area contributed by atoms with Crippen LogP contribution in [-0.2, 0) is 26.2 Å². The molecule has 0 heterocycles. The molecule has 3 aromatic carbocycles. The van der Waals surface area contributed by atoms with Gasteiger partial charge in [-0.2, -0.15) is 0 Å². The van der Waals surface area contributed by atoms with Crippen LogP contribution < -0.4 is 14.4 Å². The summed E-state index contributed by atoms with van der Waals surface area (Å²) in [5, 5.41) is 2.58. The molecule has 0 saturated heterocycles. The third-order valence-electron chi connectivity index (χ3n) is 6.34. The van der Waals surface area contributed by atoms with Crippen LogP contribution in [0.4, 0.5) is 5.69 Å². The smallest absolute Gasteiger partial charge is 0.264 e. The summed E-state index contributed by atoms with van der Waals surface area (Å²) in [6, 6.07) is 18.4. The normalized spacial score (nSPS) is 11.9. The molecule has 202 valence electrons. The van der Waals surface area contributed by atoms with Crippen LogP contribution >= 0.6 is 0 Å². The van der Waals surface area contributed by atoms with Gasteiger partial charge >= 0.3 is 0 Å². The van der Waals surface area contributed by atoms with Crippen molar-refractivity contribution in [3.63, 3.8) is 0 Å². The van der Waals surface area contributed by atoms with Crippen molar-refractivity contribution >= 4 is 27.5 Å². The minimum Gasteiger partial charge on any atom is -0.495 e. The first-order chi connectivity index (χ1) is 18.0. The third-order valence-corrected chi connectivity index (χ3v) is 8.11. The Morgan fingerprint density at radius 3 is 2.16 bits per heavy atom. The van der Waals surface area contributed by atoms with E-state index in [4.69, 9.17) is 4.74 Å². The van der Waals surface area contributed by atoms with Gasteiger partial charge in [-0.15, -0.1) is 0 Å². The number of likely N-dealkylation sites (N-methyl/N-ethyl adjacent to an activating group) is 1. The van der Waals surface area contributed by atoms with Crippen molar-refractivity contribution in [2.45, 2.75) is 45.2 Å². The van der Waals surface area contributed by atoms with Gasteiger partial charge in [-0.3, -0.25) is 13.9 Å². The number of carbonyl (C=O) groups is 2. The Bertz CT molecular complexity index is 1400. The van der Waals surface area contributed by atoms with Gasteiger partial charge in [0.2, 0.25) is 11.8 Å². The molecule has 1 unspecified atom stereocenters. The number of methoxy groups -OCH3 is 1. The maximum Gasteiger partial charge on any atom is 0.264 e. The molecule has 0 aliphatic heterocycles. The van der Waals surface area contributed by atoms with Crippen LogP contribution in [-0.4, -0.2) is 51.9 Å². The average Bonchev–Trinajstić information content (AvgIpc) is 2.89. The molecule has 8 nitrogen and oxygen atoms in total. The maximum atomic E-state index is 14.0. The van der Waals surface area contributed by atoms with Crippen molar-refractivity contribution in [2.75, 3.05) is 25.0 Å². The van der Waals surface area contributed by atoms with E-state index in [0.29, 0.717) is 5.75 Å². The predicted octanol–water partition coefficient (Wildman–Crippen LogP) is 3.98. The number of anilines is 1. The second-order valence-electron chi connectivity index (χ2n) is 9.30. The Balaban J connectivity index is 2.11. The Labute approximate surface area is 225 Å². The standard InChI is InChI=1S/C29H35N3O5S/c1-20-10-13-25(14-11-20)38(35,36)32(26-17-22(3)12-15-27(26)37-6)19-28(33)31(23(4)29(34)30-5)18-24-9-7-8-21(2)16-24/h7-17,23H,18-19H2,1-6H3,(H,30,34). The molecule has 0 radical (unpaired) electrons. The number of benzene rings is 3. The van der Waals surface area contributed by atoms with Gasteiger partial charge in [0.1, 0.15) is 18.3 Å². The Morgan fingerprint density at radius 2 is 1.55 bits per heavy atom. The summed E-state index contributed by atoms with van der Waals surface area (Å²) < 4.78 is 34.5. The summed E-state index contributed by atoms with van der Waals surface area (Å²) in [6.45, 7) is 6.88. The minimum atomic E-state index is -4.17. The van der Waals surface area contributed by atoms with Gasteiger partial charge < -0.3 is 15.0 Å². The first-order valence-electron chi connectivity index (χ1n) is 12.3. The number of rotatable bonds is 10. The van der Waals surface area contributed by atoms with Crippen LogP contribution in [0.2, 0.25) is 0 Å². The van der Waals surface area contributed by atoms with Crippen LogP contribution in [0.15, 0.2) is 71.6 Å². The molecular weight excluding hydrogens is 502 g/mol. The fourth-order valence-corrected chi connectivity index (χ4v) is 5.56. The molecule has 1 atom stereocenters. The average molecular weight is 538 g/mol. The molecule has 2 amide bonds. The molecule has 0 fully saturated rings. The second-order valence-corrected chi connectivity index (χ2v) is 11.2. The number of hydrogen-bond acceptors (Lipinski definition) is 5. The highest BCUT2D eigenvalue weighted by atomic mass is 32.2. The molecule has 9 heteroatoms. The Hall–Kier alpha value is -3.85. The highest BCUT2D eigenvalue weighted by Gasteiger charge is 2.33. The van der Waals surface area contributed by atoms with Crippen molar-refractivity contribution in [3.05, 3.63) is 89.0 Å². The monoisotopic (exact) mass is 537 g/mol. The lowest BCUT2D eigenvalue weighted by Crippen LogP contribution is -2.50. The number of aryl methyl sites for hydroxylation is 3. The predicted molar refractivity (Wildman–Crippen MR) is 149 cm³/mol. The molecule has 0 spiro atoms. The second kappa shape index (κ2) is 12.1. The van der Waals surface area contributed by atoms with E-state index in [1.54, 1.807) is 37.3 Å². The summed E-state index contributed by atoms with van der Waals surface area (Å²) in [5.74, 6) is -0.572. The van der Waals surface area contributed by atoms with Gasteiger partial charge in [0.05, 0.1) is 17.7 Å². The van der Waals surface area contributed by atoms with Crippen LogP contribution in [0.3, 0.4) is 0 Å². The summed E-state index contributed by atoms with van der Waals surface area (Å²) in [6.07, 6.45) is 0.